The first-order chi connectivity index (χ1) is 8.20. The van der Waals surface area contributed by atoms with Gasteiger partial charge >= 0.3 is 0 Å². The van der Waals surface area contributed by atoms with Gasteiger partial charge in [0.1, 0.15) is 0 Å². The average Bonchev–Trinajstić information content (AvgIpc) is 2.29. The van der Waals surface area contributed by atoms with Gasteiger partial charge in [-0.05, 0) is 24.7 Å². The zero-order valence-electron chi connectivity index (χ0n) is 9.89. The molecule has 5 heteroatoms. The van der Waals surface area contributed by atoms with Crippen molar-refractivity contribution < 1.29 is 10.0 Å². The Morgan fingerprint density at radius 2 is 2.24 bits per heavy atom. The summed E-state index contributed by atoms with van der Waals surface area (Å²) in [7, 11) is 1.95. The molecule has 0 saturated carbocycles. The van der Waals surface area contributed by atoms with E-state index in [1.165, 1.54) is 0 Å². The van der Waals surface area contributed by atoms with Crippen molar-refractivity contribution in [3.8, 4) is 0 Å². The summed E-state index contributed by atoms with van der Waals surface area (Å²) in [6.45, 7) is 2.44. The minimum absolute atomic E-state index is 0.118. The molecule has 1 aromatic carbocycles. The summed E-state index contributed by atoms with van der Waals surface area (Å²) in [5.41, 5.74) is 3.97. The molecule has 2 rings (SSSR count). The van der Waals surface area contributed by atoms with Gasteiger partial charge in [-0.15, -0.1) is 0 Å². The van der Waals surface area contributed by atoms with E-state index in [0.717, 1.165) is 17.8 Å². The normalized spacial score (nSPS) is 17.5. The van der Waals surface area contributed by atoms with Gasteiger partial charge in [0.05, 0.1) is 6.54 Å². The fourth-order valence-corrected chi connectivity index (χ4v) is 1.99. The van der Waals surface area contributed by atoms with Crippen LogP contribution in [0.15, 0.2) is 24.3 Å². The minimum Gasteiger partial charge on any atom is -0.316 e. The number of anilines is 1. The molecule has 0 radical (unpaired) electrons. The zero-order valence-corrected chi connectivity index (χ0v) is 9.89. The van der Waals surface area contributed by atoms with Crippen LogP contribution < -0.4 is 10.4 Å². The van der Waals surface area contributed by atoms with Gasteiger partial charge in [-0.2, -0.15) is 0 Å². The van der Waals surface area contributed by atoms with Crippen molar-refractivity contribution in [1.82, 2.24) is 10.4 Å². The highest BCUT2D eigenvalue weighted by molar-refractivity contribution is 5.95. The minimum atomic E-state index is 0.118. The molecule has 92 valence electrons. The highest BCUT2D eigenvalue weighted by atomic mass is 16.5. The maximum atomic E-state index is 11.9. The van der Waals surface area contributed by atoms with E-state index in [1.807, 2.05) is 36.2 Å². The van der Waals surface area contributed by atoms with Crippen LogP contribution in [-0.2, 0) is 11.3 Å². The molecule has 5 nitrogen and oxygen atoms in total. The average molecular weight is 235 g/mol. The molecule has 1 heterocycles. The van der Waals surface area contributed by atoms with Crippen molar-refractivity contribution in [2.75, 3.05) is 31.6 Å². The van der Waals surface area contributed by atoms with Crippen LogP contribution in [0.3, 0.4) is 0 Å². The Kier molecular flexibility index (Phi) is 3.73. The van der Waals surface area contributed by atoms with E-state index >= 15 is 0 Å². The number of rotatable bonds is 3. The molecular weight excluding hydrogens is 218 g/mol. The van der Waals surface area contributed by atoms with E-state index < -0.39 is 0 Å². The van der Waals surface area contributed by atoms with E-state index in [0.29, 0.717) is 19.6 Å². The summed E-state index contributed by atoms with van der Waals surface area (Å²) >= 11 is 0. The van der Waals surface area contributed by atoms with E-state index in [-0.39, 0.29) is 5.91 Å². The second-order valence-corrected chi connectivity index (χ2v) is 4.29. The summed E-state index contributed by atoms with van der Waals surface area (Å²) in [5.74, 6) is 0.118. The molecule has 0 aromatic heterocycles. The third kappa shape index (κ3) is 2.82. The smallest absolute Gasteiger partial charge is 0.241 e. The number of benzene rings is 1. The molecular formula is C12H17N3O2. The number of amides is 1. The first-order valence-electron chi connectivity index (χ1n) is 5.65. The molecule has 1 aliphatic rings. The molecule has 1 amide bonds. The van der Waals surface area contributed by atoms with Gasteiger partial charge in [0.25, 0.3) is 0 Å². The van der Waals surface area contributed by atoms with Crippen LogP contribution in [0.1, 0.15) is 5.56 Å². The molecule has 17 heavy (non-hydrogen) atoms. The molecule has 0 bridgehead atoms. The van der Waals surface area contributed by atoms with Crippen LogP contribution in [0.25, 0.3) is 0 Å². The molecule has 2 N–H and O–H groups in total. The highest BCUT2D eigenvalue weighted by Crippen LogP contribution is 2.18. The van der Waals surface area contributed by atoms with E-state index in [2.05, 4.69) is 5.48 Å². The van der Waals surface area contributed by atoms with Gasteiger partial charge in [-0.25, -0.2) is 5.48 Å². The third-order valence-electron chi connectivity index (χ3n) is 2.92. The zero-order chi connectivity index (χ0) is 12.3. The van der Waals surface area contributed by atoms with Crippen LogP contribution in [0.5, 0.6) is 0 Å². The largest absolute Gasteiger partial charge is 0.316 e. The van der Waals surface area contributed by atoms with Gasteiger partial charge in [0.2, 0.25) is 5.91 Å². The van der Waals surface area contributed by atoms with Crippen LogP contribution in [0.2, 0.25) is 0 Å². The Labute approximate surface area is 101 Å². The number of hydrogen-bond acceptors (Lipinski definition) is 4. The standard InChI is InChI=1S/C12H17N3O2/c1-14-5-6-15(12(16)9-14)11-4-2-3-10(7-11)8-13-17/h2-4,7,13,17H,5-6,8-9H2,1H3. The number of piperazine rings is 1. The summed E-state index contributed by atoms with van der Waals surface area (Å²) in [5, 5.41) is 8.67. The van der Waals surface area contributed by atoms with E-state index in [1.54, 1.807) is 4.90 Å². The predicted molar refractivity (Wildman–Crippen MR) is 64.9 cm³/mol. The summed E-state index contributed by atoms with van der Waals surface area (Å²) in [6, 6.07) is 7.65. The maximum absolute atomic E-state index is 11.9. The molecule has 1 fully saturated rings. The van der Waals surface area contributed by atoms with Gasteiger partial charge in [0.15, 0.2) is 0 Å². The monoisotopic (exact) mass is 235 g/mol. The maximum Gasteiger partial charge on any atom is 0.241 e. The number of nitrogens with one attached hydrogen (secondary N) is 1. The van der Waals surface area contributed by atoms with Crippen molar-refractivity contribution in [3.05, 3.63) is 29.8 Å². The molecule has 0 atom stereocenters. The Morgan fingerprint density at radius 1 is 1.41 bits per heavy atom. The van der Waals surface area contributed by atoms with Crippen molar-refractivity contribution in [2.24, 2.45) is 0 Å². The molecule has 0 unspecified atom stereocenters. The molecule has 1 aliphatic heterocycles. The topological polar surface area (TPSA) is 55.8 Å². The summed E-state index contributed by atoms with van der Waals surface area (Å²) in [4.78, 5) is 15.7. The second kappa shape index (κ2) is 5.27. The fraction of sp³-hybridized carbons (Fsp3) is 0.417. The molecule has 1 aromatic rings. The Morgan fingerprint density at radius 3 is 2.94 bits per heavy atom. The Hall–Kier alpha value is -1.43. The molecule has 0 aliphatic carbocycles. The number of hydroxylamine groups is 1. The van der Waals surface area contributed by atoms with Crippen LogP contribution in [0, 0.1) is 0 Å². The lowest BCUT2D eigenvalue weighted by molar-refractivity contribution is -0.120. The Bertz CT molecular complexity index is 408. The number of carbonyl (C=O) groups is 1. The predicted octanol–water partition coefficient (Wildman–Crippen LogP) is 0.444. The first kappa shape index (κ1) is 12.0. The first-order valence-corrected chi connectivity index (χ1v) is 5.65. The Balaban J connectivity index is 2.16. The number of nitrogens with zero attached hydrogens (tertiary/aromatic N) is 2. The molecule has 1 saturated heterocycles. The lowest BCUT2D eigenvalue weighted by Gasteiger charge is -2.32. The van der Waals surface area contributed by atoms with Crippen molar-refractivity contribution in [1.29, 1.82) is 0 Å². The highest BCUT2D eigenvalue weighted by Gasteiger charge is 2.22. The SMILES string of the molecule is CN1CCN(c2cccc(CNO)c2)C(=O)C1. The van der Waals surface area contributed by atoms with Crippen molar-refractivity contribution in [3.63, 3.8) is 0 Å². The number of likely N-dealkylation sites (N-methyl/N-ethyl adjacent to an activating group) is 1. The lowest BCUT2D eigenvalue weighted by Crippen LogP contribution is -2.48. The van der Waals surface area contributed by atoms with Crippen LogP contribution >= 0.6 is 0 Å². The lowest BCUT2D eigenvalue weighted by atomic mass is 10.1. The van der Waals surface area contributed by atoms with Gasteiger partial charge in [-0.1, -0.05) is 12.1 Å². The van der Waals surface area contributed by atoms with Crippen molar-refractivity contribution >= 4 is 11.6 Å². The van der Waals surface area contributed by atoms with Crippen LogP contribution in [-0.4, -0.2) is 42.7 Å². The third-order valence-corrected chi connectivity index (χ3v) is 2.92. The van der Waals surface area contributed by atoms with Gasteiger partial charge in [0, 0.05) is 25.3 Å². The molecule has 0 spiro atoms. The number of hydrogen-bond donors (Lipinski definition) is 2. The summed E-state index contributed by atoms with van der Waals surface area (Å²) < 4.78 is 0. The van der Waals surface area contributed by atoms with Crippen molar-refractivity contribution in [2.45, 2.75) is 6.54 Å². The second-order valence-electron chi connectivity index (χ2n) is 4.29. The van der Waals surface area contributed by atoms with E-state index in [4.69, 9.17) is 5.21 Å². The van der Waals surface area contributed by atoms with Gasteiger partial charge < -0.3 is 10.1 Å². The fourth-order valence-electron chi connectivity index (χ4n) is 1.99. The quantitative estimate of drug-likeness (QED) is 0.747. The summed E-state index contributed by atoms with van der Waals surface area (Å²) in [6.07, 6.45) is 0. The number of carbonyl (C=O) groups excluding carboxylic acids is 1. The van der Waals surface area contributed by atoms with Crippen LogP contribution in [0.4, 0.5) is 5.69 Å². The van der Waals surface area contributed by atoms with Gasteiger partial charge in [-0.3, -0.25) is 9.69 Å². The van der Waals surface area contributed by atoms with E-state index in [9.17, 15) is 4.79 Å².